The van der Waals surface area contributed by atoms with Crippen LogP contribution in [0.3, 0.4) is 0 Å². The molecule has 1 saturated heterocycles. The molecule has 168 valence electrons. The zero-order valence-electron chi connectivity index (χ0n) is 18.3. The number of hydrogen-bond donors (Lipinski definition) is 0. The van der Waals surface area contributed by atoms with Crippen LogP contribution < -0.4 is 0 Å². The molecule has 1 fully saturated rings. The van der Waals surface area contributed by atoms with E-state index in [1.807, 2.05) is 53.7 Å². The Hall–Kier alpha value is -3.25. The van der Waals surface area contributed by atoms with Gasteiger partial charge in [0.05, 0.1) is 5.54 Å². The minimum absolute atomic E-state index is 0.0593. The minimum Gasteiger partial charge on any atom is -0.339 e. The number of amides is 1. The molecule has 1 atom stereocenters. The number of pyridine rings is 1. The van der Waals surface area contributed by atoms with Crippen LogP contribution in [-0.4, -0.2) is 50.4 Å². The lowest BCUT2D eigenvalue weighted by Gasteiger charge is -2.36. The molecule has 0 spiro atoms. The Morgan fingerprint density at radius 2 is 1.97 bits per heavy atom. The number of allylic oxidation sites excluding steroid dienone is 1. The zero-order valence-corrected chi connectivity index (χ0v) is 19.1. The van der Waals surface area contributed by atoms with Gasteiger partial charge in [-0.15, -0.1) is 0 Å². The maximum Gasteiger partial charge on any atom is 0.253 e. The lowest BCUT2D eigenvalue weighted by molar-refractivity contribution is 0.0679. The Kier molecular flexibility index (Phi) is 6.09. The fraction of sp³-hybridized carbons (Fsp3) is 0.308. The second-order valence-electron chi connectivity index (χ2n) is 8.81. The highest BCUT2D eigenvalue weighted by Gasteiger charge is 2.34. The number of carbonyl (C=O) groups is 1. The first-order valence-electron chi connectivity index (χ1n) is 11.3. The van der Waals surface area contributed by atoms with E-state index in [0.29, 0.717) is 16.5 Å². The van der Waals surface area contributed by atoms with Crippen molar-refractivity contribution in [2.24, 2.45) is 10.9 Å². The summed E-state index contributed by atoms with van der Waals surface area (Å²) in [6.45, 7) is 1.51. The van der Waals surface area contributed by atoms with Crippen molar-refractivity contribution in [2.75, 3.05) is 13.1 Å². The standard InChI is InChI=1S/C26H26ClN5O/c27-22-6-1-5-21(17-22)25(33)31-15-9-20(10-16-31)18-26(11-3-12-28-26)19-23-7-2-8-24(30-23)32-14-4-13-29-32/h1-8,11-14,17,20H,9-10,15-16,18-19H2. The predicted octanol–water partition coefficient (Wildman–Crippen LogP) is 4.79. The molecular formula is C26H26ClN5O. The van der Waals surface area contributed by atoms with E-state index < -0.39 is 0 Å². The molecule has 5 rings (SSSR count). The number of aromatic nitrogens is 3. The Morgan fingerprint density at radius 1 is 1.12 bits per heavy atom. The zero-order chi connectivity index (χ0) is 22.7. The molecule has 0 N–H and O–H groups in total. The van der Waals surface area contributed by atoms with Gasteiger partial charge in [0.2, 0.25) is 0 Å². The van der Waals surface area contributed by atoms with Crippen LogP contribution in [0.4, 0.5) is 0 Å². The molecule has 33 heavy (non-hydrogen) atoms. The number of hydrogen-bond acceptors (Lipinski definition) is 4. The highest BCUT2D eigenvalue weighted by atomic mass is 35.5. The lowest BCUT2D eigenvalue weighted by Crippen LogP contribution is -2.40. The van der Waals surface area contributed by atoms with Crippen molar-refractivity contribution in [3.05, 3.63) is 89.4 Å². The van der Waals surface area contributed by atoms with Crippen LogP contribution in [0.5, 0.6) is 0 Å². The first-order valence-corrected chi connectivity index (χ1v) is 11.7. The normalized spacial score (nSPS) is 20.5. The molecule has 2 aromatic heterocycles. The molecule has 6 nitrogen and oxygen atoms in total. The molecule has 1 unspecified atom stereocenters. The number of carbonyl (C=O) groups excluding carboxylic acids is 1. The third-order valence-corrected chi connectivity index (χ3v) is 6.69. The van der Waals surface area contributed by atoms with E-state index in [1.54, 1.807) is 23.0 Å². The maximum absolute atomic E-state index is 12.9. The molecule has 0 bridgehead atoms. The van der Waals surface area contributed by atoms with Gasteiger partial charge in [-0.2, -0.15) is 5.10 Å². The van der Waals surface area contributed by atoms with Crippen LogP contribution in [-0.2, 0) is 6.42 Å². The SMILES string of the molecule is O=C(c1cccc(Cl)c1)N1CCC(CC2(Cc3cccc(-n4cccn4)n3)C=CC=N2)CC1. The van der Waals surface area contributed by atoms with E-state index in [4.69, 9.17) is 21.6 Å². The number of benzene rings is 1. The quantitative estimate of drug-likeness (QED) is 0.532. The van der Waals surface area contributed by atoms with Crippen LogP contribution in [0, 0.1) is 5.92 Å². The van der Waals surface area contributed by atoms with Crippen molar-refractivity contribution in [1.82, 2.24) is 19.7 Å². The molecule has 0 radical (unpaired) electrons. The van der Waals surface area contributed by atoms with Gasteiger partial charge < -0.3 is 4.90 Å². The molecule has 0 aliphatic carbocycles. The largest absolute Gasteiger partial charge is 0.339 e. The highest BCUT2D eigenvalue weighted by Crippen LogP contribution is 2.34. The fourth-order valence-corrected chi connectivity index (χ4v) is 5.00. The van der Waals surface area contributed by atoms with Crippen LogP contribution >= 0.6 is 11.6 Å². The van der Waals surface area contributed by atoms with E-state index >= 15 is 0 Å². The van der Waals surface area contributed by atoms with Crippen molar-refractivity contribution in [2.45, 2.75) is 31.2 Å². The molecule has 0 saturated carbocycles. The molecule has 2 aliphatic heterocycles. The maximum atomic E-state index is 12.9. The second kappa shape index (κ2) is 9.32. The molecule has 3 aromatic rings. The summed E-state index contributed by atoms with van der Waals surface area (Å²) in [4.78, 5) is 24.5. The summed E-state index contributed by atoms with van der Waals surface area (Å²) in [6, 6.07) is 15.1. The molecular weight excluding hydrogens is 434 g/mol. The second-order valence-corrected chi connectivity index (χ2v) is 9.24. The van der Waals surface area contributed by atoms with Crippen LogP contribution in [0.15, 0.2) is 78.1 Å². The summed E-state index contributed by atoms with van der Waals surface area (Å²) in [5.41, 5.74) is 1.38. The number of nitrogens with zero attached hydrogens (tertiary/aromatic N) is 5. The number of likely N-dealkylation sites (tertiary alicyclic amines) is 1. The van der Waals surface area contributed by atoms with Crippen molar-refractivity contribution in [1.29, 1.82) is 0 Å². The van der Waals surface area contributed by atoms with Gasteiger partial charge in [-0.1, -0.05) is 29.8 Å². The summed E-state index contributed by atoms with van der Waals surface area (Å²) < 4.78 is 1.77. The van der Waals surface area contributed by atoms with Crippen molar-refractivity contribution < 1.29 is 4.79 Å². The average molecular weight is 460 g/mol. The summed E-state index contributed by atoms with van der Waals surface area (Å²) in [5.74, 6) is 1.37. The summed E-state index contributed by atoms with van der Waals surface area (Å²) in [5, 5.41) is 4.88. The van der Waals surface area contributed by atoms with Crippen LogP contribution in [0.2, 0.25) is 5.02 Å². The van der Waals surface area contributed by atoms with Crippen molar-refractivity contribution >= 4 is 23.7 Å². The Morgan fingerprint density at radius 3 is 2.70 bits per heavy atom. The van der Waals surface area contributed by atoms with Gasteiger partial charge in [0, 0.05) is 54.4 Å². The topological polar surface area (TPSA) is 63.4 Å². The van der Waals surface area contributed by atoms with Gasteiger partial charge in [-0.3, -0.25) is 9.79 Å². The number of aliphatic imine (C=N–C) groups is 1. The van der Waals surface area contributed by atoms with Crippen LogP contribution in [0.1, 0.15) is 35.3 Å². The first-order chi connectivity index (χ1) is 16.1. The van der Waals surface area contributed by atoms with Gasteiger partial charge in [-0.05, 0) is 67.7 Å². The fourth-order valence-electron chi connectivity index (χ4n) is 4.81. The molecule has 7 heteroatoms. The Bertz CT molecular complexity index is 1170. The van der Waals surface area contributed by atoms with Crippen molar-refractivity contribution in [3.8, 4) is 5.82 Å². The lowest BCUT2D eigenvalue weighted by atomic mass is 9.80. The van der Waals surface area contributed by atoms with Gasteiger partial charge in [0.15, 0.2) is 5.82 Å². The van der Waals surface area contributed by atoms with Gasteiger partial charge in [0.25, 0.3) is 5.91 Å². The third kappa shape index (κ3) is 4.91. The minimum atomic E-state index is -0.278. The first kappa shape index (κ1) is 21.6. The van der Waals surface area contributed by atoms with E-state index in [9.17, 15) is 4.79 Å². The van der Waals surface area contributed by atoms with Crippen LogP contribution in [0.25, 0.3) is 5.82 Å². The van der Waals surface area contributed by atoms with E-state index in [2.05, 4.69) is 17.2 Å². The average Bonchev–Trinajstić information content (AvgIpc) is 3.52. The number of piperidine rings is 1. The smallest absolute Gasteiger partial charge is 0.253 e. The number of rotatable bonds is 6. The van der Waals surface area contributed by atoms with E-state index in [1.165, 1.54) is 0 Å². The summed E-state index contributed by atoms with van der Waals surface area (Å²) >= 11 is 6.07. The summed E-state index contributed by atoms with van der Waals surface area (Å²) in [7, 11) is 0. The molecule has 4 heterocycles. The van der Waals surface area contributed by atoms with Gasteiger partial charge in [0.1, 0.15) is 0 Å². The monoisotopic (exact) mass is 459 g/mol. The van der Waals surface area contributed by atoms with Gasteiger partial charge in [-0.25, -0.2) is 9.67 Å². The van der Waals surface area contributed by atoms with E-state index in [-0.39, 0.29) is 11.4 Å². The highest BCUT2D eigenvalue weighted by molar-refractivity contribution is 6.30. The molecule has 2 aliphatic rings. The van der Waals surface area contributed by atoms with E-state index in [0.717, 1.165) is 50.3 Å². The predicted molar refractivity (Wildman–Crippen MR) is 130 cm³/mol. The molecule has 1 amide bonds. The third-order valence-electron chi connectivity index (χ3n) is 6.46. The Balaban J connectivity index is 1.24. The summed E-state index contributed by atoms with van der Waals surface area (Å²) in [6.07, 6.45) is 13.4. The number of halogens is 1. The Labute approximate surface area is 198 Å². The van der Waals surface area contributed by atoms with Gasteiger partial charge >= 0.3 is 0 Å². The van der Waals surface area contributed by atoms with Crippen molar-refractivity contribution in [3.63, 3.8) is 0 Å². The molecule has 1 aromatic carbocycles.